The number of halogens is 2. The molecular formula is C18H18F2N2O5S. The predicted molar refractivity (Wildman–Crippen MR) is 98.2 cm³/mol. The maximum atomic E-state index is 12.5. The monoisotopic (exact) mass is 412 g/mol. The van der Waals surface area contributed by atoms with E-state index in [4.69, 9.17) is 4.74 Å². The summed E-state index contributed by atoms with van der Waals surface area (Å²) < 4.78 is 53.1. The van der Waals surface area contributed by atoms with Crippen LogP contribution in [0.25, 0.3) is 0 Å². The Bertz CT molecular complexity index is 943. The minimum atomic E-state index is -4.71. The number of hydrogen-bond acceptors (Lipinski definition) is 5. The van der Waals surface area contributed by atoms with E-state index in [1.807, 2.05) is 0 Å². The number of amides is 2. The van der Waals surface area contributed by atoms with Gasteiger partial charge in [0.25, 0.3) is 11.8 Å². The Morgan fingerprint density at radius 2 is 1.61 bits per heavy atom. The van der Waals surface area contributed by atoms with Gasteiger partial charge < -0.3 is 15.0 Å². The lowest BCUT2D eigenvalue weighted by molar-refractivity contribution is -0.130. The molecule has 0 saturated heterocycles. The average Bonchev–Trinajstić information content (AvgIpc) is 2.67. The lowest BCUT2D eigenvalue weighted by Gasteiger charge is -2.12. The fourth-order valence-corrected chi connectivity index (χ4v) is 2.73. The maximum absolute atomic E-state index is 12.5. The number of nitrogens with one attached hydrogen (secondary N) is 1. The highest BCUT2D eigenvalue weighted by molar-refractivity contribution is 7.91. The highest BCUT2D eigenvalue weighted by Crippen LogP contribution is 2.20. The van der Waals surface area contributed by atoms with Gasteiger partial charge in [0.05, 0.1) is 4.90 Å². The van der Waals surface area contributed by atoms with E-state index in [1.54, 1.807) is 38.4 Å². The minimum Gasteiger partial charge on any atom is -0.484 e. The molecule has 2 rings (SSSR count). The summed E-state index contributed by atoms with van der Waals surface area (Å²) in [5.41, 5.74) is 0.533. The summed E-state index contributed by atoms with van der Waals surface area (Å²) in [6, 6.07) is 10.5. The summed E-state index contributed by atoms with van der Waals surface area (Å²) in [4.78, 5) is 24.5. The van der Waals surface area contributed by atoms with Crippen LogP contribution in [-0.2, 0) is 14.6 Å². The van der Waals surface area contributed by atoms with Gasteiger partial charge in [-0.3, -0.25) is 9.59 Å². The molecule has 0 aliphatic rings. The van der Waals surface area contributed by atoms with E-state index < -0.39 is 26.4 Å². The number of carbonyl (C=O) groups is 2. The lowest BCUT2D eigenvalue weighted by atomic mass is 10.2. The smallest absolute Gasteiger partial charge is 0.341 e. The molecule has 2 aromatic rings. The van der Waals surface area contributed by atoms with Crippen LogP contribution in [0.15, 0.2) is 53.4 Å². The Labute approximate surface area is 160 Å². The maximum Gasteiger partial charge on any atom is 0.341 e. The molecule has 0 aliphatic heterocycles. The van der Waals surface area contributed by atoms with Gasteiger partial charge in [-0.15, -0.1) is 0 Å². The van der Waals surface area contributed by atoms with Gasteiger partial charge in [-0.2, -0.15) is 8.78 Å². The molecule has 0 bridgehead atoms. The third-order valence-electron chi connectivity index (χ3n) is 3.65. The summed E-state index contributed by atoms with van der Waals surface area (Å²) in [5, 5.41) is 2.58. The molecule has 0 atom stereocenters. The molecule has 0 heterocycles. The van der Waals surface area contributed by atoms with Gasteiger partial charge in [0.1, 0.15) is 5.75 Å². The summed E-state index contributed by atoms with van der Waals surface area (Å²) in [7, 11) is -1.48. The normalized spacial score (nSPS) is 11.2. The Morgan fingerprint density at radius 1 is 1.04 bits per heavy atom. The number of ether oxygens (including phenoxy) is 1. The number of carbonyl (C=O) groups excluding carboxylic acids is 2. The molecule has 28 heavy (non-hydrogen) atoms. The molecule has 150 valence electrons. The Balaban J connectivity index is 2.00. The van der Waals surface area contributed by atoms with Crippen LogP contribution >= 0.6 is 0 Å². The van der Waals surface area contributed by atoms with Crippen molar-refractivity contribution in [2.75, 3.05) is 26.0 Å². The van der Waals surface area contributed by atoms with Gasteiger partial charge in [-0.05, 0) is 48.5 Å². The second kappa shape index (κ2) is 8.79. The Kier molecular flexibility index (Phi) is 6.68. The molecule has 1 N–H and O–H groups in total. The predicted octanol–water partition coefficient (Wildman–Crippen LogP) is 2.40. The van der Waals surface area contributed by atoms with Crippen molar-refractivity contribution < 1.29 is 31.5 Å². The molecule has 2 aromatic carbocycles. The second-order valence-electron chi connectivity index (χ2n) is 5.89. The van der Waals surface area contributed by atoms with Crippen LogP contribution in [0.3, 0.4) is 0 Å². The van der Waals surface area contributed by atoms with Gasteiger partial charge in [0.15, 0.2) is 6.61 Å². The third-order valence-corrected chi connectivity index (χ3v) is 5.05. The average molecular weight is 412 g/mol. The van der Waals surface area contributed by atoms with Crippen molar-refractivity contribution in [1.82, 2.24) is 4.90 Å². The van der Waals surface area contributed by atoms with Crippen LogP contribution in [0.4, 0.5) is 14.5 Å². The fraction of sp³-hybridized carbons (Fsp3) is 0.222. The standard InChI is InChI=1S/C18H18F2N2O5S/c1-22(2)16(23)11-27-14-7-5-13(6-8-14)21-17(24)12-3-9-15(10-4-12)28(25,26)18(19)20/h3-10,18H,11H2,1-2H3,(H,21,24). The number of rotatable bonds is 7. The van der Waals surface area contributed by atoms with E-state index in [0.29, 0.717) is 11.4 Å². The number of likely N-dealkylation sites (N-methyl/N-ethyl adjacent to an activating group) is 1. The van der Waals surface area contributed by atoms with E-state index in [9.17, 15) is 26.8 Å². The van der Waals surface area contributed by atoms with Crippen LogP contribution in [0, 0.1) is 0 Å². The molecule has 2 amide bonds. The molecule has 0 spiro atoms. The van der Waals surface area contributed by atoms with Gasteiger partial charge >= 0.3 is 5.76 Å². The molecule has 0 aromatic heterocycles. The SMILES string of the molecule is CN(C)C(=O)COc1ccc(NC(=O)c2ccc(S(=O)(=O)C(F)F)cc2)cc1. The zero-order valence-corrected chi connectivity index (χ0v) is 15.9. The quantitative estimate of drug-likeness (QED) is 0.754. The van der Waals surface area contributed by atoms with E-state index in [2.05, 4.69) is 5.32 Å². The van der Waals surface area contributed by atoms with Gasteiger partial charge in [0, 0.05) is 25.3 Å². The van der Waals surface area contributed by atoms with Crippen LogP contribution in [0.2, 0.25) is 0 Å². The highest BCUT2D eigenvalue weighted by atomic mass is 32.2. The molecule has 0 saturated carbocycles. The van der Waals surface area contributed by atoms with Crippen LogP contribution in [-0.4, -0.2) is 51.6 Å². The zero-order chi connectivity index (χ0) is 20.9. The van der Waals surface area contributed by atoms with Crippen LogP contribution in [0.1, 0.15) is 10.4 Å². The number of benzene rings is 2. The Hall–Kier alpha value is -3.01. The van der Waals surface area contributed by atoms with E-state index in [0.717, 1.165) is 24.3 Å². The molecule has 0 radical (unpaired) electrons. The summed E-state index contributed by atoms with van der Waals surface area (Å²) >= 11 is 0. The first-order chi connectivity index (χ1) is 13.1. The number of alkyl halides is 2. The number of sulfone groups is 1. The van der Waals surface area contributed by atoms with E-state index in [1.165, 1.54) is 4.90 Å². The zero-order valence-electron chi connectivity index (χ0n) is 15.1. The largest absolute Gasteiger partial charge is 0.484 e. The number of anilines is 1. The van der Waals surface area contributed by atoms with Crippen LogP contribution in [0.5, 0.6) is 5.75 Å². The van der Waals surface area contributed by atoms with Crippen molar-refractivity contribution >= 4 is 27.3 Å². The van der Waals surface area contributed by atoms with Crippen molar-refractivity contribution in [3.63, 3.8) is 0 Å². The molecule has 0 aliphatic carbocycles. The van der Waals surface area contributed by atoms with Gasteiger partial charge in [0.2, 0.25) is 9.84 Å². The summed E-state index contributed by atoms with van der Waals surface area (Å²) in [5.74, 6) is -3.83. The first-order valence-corrected chi connectivity index (χ1v) is 9.52. The first kappa shape index (κ1) is 21.3. The number of hydrogen-bond donors (Lipinski definition) is 1. The van der Waals surface area contributed by atoms with Crippen molar-refractivity contribution in [1.29, 1.82) is 0 Å². The van der Waals surface area contributed by atoms with Crippen molar-refractivity contribution in [3.8, 4) is 5.75 Å². The van der Waals surface area contributed by atoms with Gasteiger partial charge in [-0.25, -0.2) is 8.42 Å². The molecule has 7 nitrogen and oxygen atoms in total. The minimum absolute atomic E-state index is 0.102. The van der Waals surface area contributed by atoms with Crippen molar-refractivity contribution in [2.24, 2.45) is 0 Å². The van der Waals surface area contributed by atoms with Gasteiger partial charge in [-0.1, -0.05) is 0 Å². The second-order valence-corrected chi connectivity index (χ2v) is 7.80. The highest BCUT2D eigenvalue weighted by Gasteiger charge is 2.26. The van der Waals surface area contributed by atoms with Crippen molar-refractivity contribution in [3.05, 3.63) is 54.1 Å². The Morgan fingerprint density at radius 3 is 2.11 bits per heavy atom. The van der Waals surface area contributed by atoms with E-state index in [-0.39, 0.29) is 18.1 Å². The number of nitrogens with zero attached hydrogens (tertiary/aromatic N) is 1. The molecule has 0 unspecified atom stereocenters. The third kappa shape index (κ3) is 5.26. The summed E-state index contributed by atoms with van der Waals surface area (Å²) in [6.45, 7) is -0.118. The topological polar surface area (TPSA) is 92.8 Å². The molecule has 0 fully saturated rings. The van der Waals surface area contributed by atoms with Crippen LogP contribution < -0.4 is 10.1 Å². The van der Waals surface area contributed by atoms with E-state index >= 15 is 0 Å². The molecule has 10 heteroatoms. The summed E-state index contributed by atoms with van der Waals surface area (Å²) in [6.07, 6.45) is 0. The fourth-order valence-electron chi connectivity index (χ4n) is 2.01. The first-order valence-electron chi connectivity index (χ1n) is 7.97. The lowest BCUT2D eigenvalue weighted by Crippen LogP contribution is -2.27. The van der Waals surface area contributed by atoms with Crippen molar-refractivity contribution in [2.45, 2.75) is 10.7 Å². The molecular weight excluding hydrogens is 394 g/mol.